The van der Waals surface area contributed by atoms with Crippen LogP contribution in [0.2, 0.25) is 0 Å². The van der Waals surface area contributed by atoms with Gasteiger partial charge in [-0.05, 0) is 83.5 Å². The molecule has 0 radical (unpaired) electrons. The lowest BCUT2D eigenvalue weighted by Crippen LogP contribution is -2.45. The van der Waals surface area contributed by atoms with E-state index in [9.17, 15) is 19.8 Å². The van der Waals surface area contributed by atoms with Crippen molar-refractivity contribution in [3.05, 3.63) is 36.5 Å². The fraction of sp³-hybridized carbons (Fsp3) is 0.904. The van der Waals surface area contributed by atoms with Gasteiger partial charge in [-0.3, -0.25) is 9.59 Å². The maximum absolute atomic E-state index is 12.6. The van der Waals surface area contributed by atoms with Crippen LogP contribution in [0.3, 0.4) is 0 Å². The second-order valence-corrected chi connectivity index (χ2v) is 28.1. The number of rotatable bonds is 77. The Morgan fingerprint density at radius 1 is 0.303 bits per heavy atom. The van der Waals surface area contributed by atoms with Crippen LogP contribution in [0.5, 0.6) is 0 Å². The average Bonchev–Trinajstić information content (AvgIpc) is 3.56. The lowest BCUT2D eigenvalue weighted by Gasteiger charge is -2.20. The minimum Gasteiger partial charge on any atom is -0.466 e. The molecular weight excluding hydrogens is 1090 g/mol. The first-order chi connectivity index (χ1) is 44.0. The van der Waals surface area contributed by atoms with Crippen LogP contribution in [0.1, 0.15) is 457 Å². The fourth-order valence-electron chi connectivity index (χ4n) is 12.9. The molecule has 0 aliphatic carbocycles. The number of unbranched alkanes of at least 4 members (excludes halogenated alkanes) is 62. The van der Waals surface area contributed by atoms with Crippen molar-refractivity contribution >= 4 is 11.9 Å². The molecule has 0 saturated heterocycles. The third-order valence-electron chi connectivity index (χ3n) is 19.1. The Bertz CT molecular complexity index is 1440. The molecule has 0 fully saturated rings. The van der Waals surface area contributed by atoms with Crippen molar-refractivity contribution in [3.63, 3.8) is 0 Å². The lowest BCUT2D eigenvalue weighted by molar-refractivity contribution is -0.143. The first-order valence-electron chi connectivity index (χ1n) is 40.8. The van der Waals surface area contributed by atoms with Gasteiger partial charge in [-0.2, -0.15) is 0 Å². The Balaban J connectivity index is 3.36. The van der Waals surface area contributed by atoms with Crippen LogP contribution < -0.4 is 5.32 Å². The van der Waals surface area contributed by atoms with E-state index in [1.54, 1.807) is 6.08 Å². The van der Waals surface area contributed by atoms with E-state index < -0.39 is 12.1 Å². The van der Waals surface area contributed by atoms with Crippen molar-refractivity contribution in [1.29, 1.82) is 0 Å². The number of aliphatic hydroxyl groups is 2. The number of amides is 1. The molecule has 6 nitrogen and oxygen atoms in total. The van der Waals surface area contributed by atoms with Crippen LogP contribution in [-0.4, -0.2) is 47.4 Å². The number of esters is 1. The van der Waals surface area contributed by atoms with Gasteiger partial charge in [0.2, 0.25) is 5.91 Å². The van der Waals surface area contributed by atoms with Crippen molar-refractivity contribution in [1.82, 2.24) is 5.32 Å². The molecule has 0 bridgehead atoms. The predicted molar refractivity (Wildman–Crippen MR) is 393 cm³/mol. The van der Waals surface area contributed by atoms with Gasteiger partial charge >= 0.3 is 5.97 Å². The van der Waals surface area contributed by atoms with Crippen LogP contribution >= 0.6 is 0 Å². The lowest BCUT2D eigenvalue weighted by atomic mass is 10.0. The summed E-state index contributed by atoms with van der Waals surface area (Å²) in [4.78, 5) is 24.6. The van der Waals surface area contributed by atoms with Gasteiger partial charge in [-0.25, -0.2) is 0 Å². The van der Waals surface area contributed by atoms with Gasteiger partial charge in [0.1, 0.15) is 0 Å². The summed E-state index contributed by atoms with van der Waals surface area (Å²) in [5.41, 5.74) is 0. The molecule has 0 rings (SSSR count). The van der Waals surface area contributed by atoms with Crippen molar-refractivity contribution < 1.29 is 24.5 Å². The Morgan fingerprint density at radius 2 is 0.528 bits per heavy atom. The summed E-state index contributed by atoms with van der Waals surface area (Å²) in [7, 11) is 0. The maximum atomic E-state index is 12.6. The second kappa shape index (κ2) is 78.5. The molecule has 0 saturated carbocycles. The summed E-state index contributed by atoms with van der Waals surface area (Å²) in [6, 6.07) is -0.627. The molecule has 2 atom stereocenters. The van der Waals surface area contributed by atoms with E-state index in [0.29, 0.717) is 19.4 Å². The summed E-state index contributed by atoms with van der Waals surface area (Å²) in [6.45, 7) is 4.95. The Hall–Kier alpha value is -1.92. The molecule has 2 unspecified atom stereocenters. The SMILES string of the molecule is CCCCCCCC/C=C\CCCCCCCC(=O)OCCCCCCCCCCCCCCCC/C=C\CCCCCCCCCCCCCCCCCCCC(=O)NC(CO)C(O)/C=C/CCCCCCCCCCCCCCCCCCCCCC. The molecule has 526 valence electrons. The molecule has 89 heavy (non-hydrogen) atoms. The molecule has 0 aliphatic rings. The monoisotopic (exact) mass is 1250 g/mol. The largest absolute Gasteiger partial charge is 0.466 e. The van der Waals surface area contributed by atoms with E-state index in [1.165, 1.54) is 385 Å². The zero-order chi connectivity index (χ0) is 64.2. The number of hydrogen-bond donors (Lipinski definition) is 3. The summed E-state index contributed by atoms with van der Waals surface area (Å²) in [6.07, 6.45) is 103. The Kier molecular flexibility index (Phi) is 76.8. The van der Waals surface area contributed by atoms with E-state index in [2.05, 4.69) is 43.5 Å². The molecule has 0 aliphatic heterocycles. The molecule has 0 aromatic carbocycles. The normalized spacial score (nSPS) is 12.6. The van der Waals surface area contributed by atoms with E-state index in [-0.39, 0.29) is 18.5 Å². The van der Waals surface area contributed by atoms with Gasteiger partial charge < -0.3 is 20.3 Å². The number of hydrogen-bond acceptors (Lipinski definition) is 5. The minimum atomic E-state index is -0.843. The van der Waals surface area contributed by atoms with Crippen molar-refractivity contribution in [2.24, 2.45) is 0 Å². The maximum Gasteiger partial charge on any atom is 0.305 e. The molecule has 0 aromatic heterocycles. The van der Waals surface area contributed by atoms with Crippen molar-refractivity contribution in [3.8, 4) is 0 Å². The van der Waals surface area contributed by atoms with E-state index in [1.807, 2.05) is 6.08 Å². The minimum absolute atomic E-state index is 0.0128. The molecule has 6 heteroatoms. The topological polar surface area (TPSA) is 95.9 Å². The summed E-state index contributed by atoms with van der Waals surface area (Å²) in [5, 5.41) is 23.3. The number of aliphatic hydroxyl groups excluding tert-OH is 2. The highest BCUT2D eigenvalue weighted by atomic mass is 16.5. The van der Waals surface area contributed by atoms with E-state index in [0.717, 1.165) is 44.9 Å². The molecule has 1 amide bonds. The highest BCUT2D eigenvalue weighted by molar-refractivity contribution is 5.76. The van der Waals surface area contributed by atoms with Gasteiger partial charge in [0, 0.05) is 12.8 Å². The number of nitrogens with one attached hydrogen (secondary N) is 1. The van der Waals surface area contributed by atoms with Gasteiger partial charge in [-0.1, -0.05) is 397 Å². The number of ether oxygens (including phenoxy) is 1. The first-order valence-corrected chi connectivity index (χ1v) is 40.8. The van der Waals surface area contributed by atoms with Gasteiger partial charge in [0.15, 0.2) is 0 Å². The van der Waals surface area contributed by atoms with Gasteiger partial charge in [0.05, 0.1) is 25.4 Å². The molecule has 3 N–H and O–H groups in total. The number of carbonyl (C=O) groups excluding carboxylic acids is 2. The zero-order valence-corrected chi connectivity index (χ0v) is 60.4. The predicted octanol–water partition coefficient (Wildman–Crippen LogP) is 27.0. The van der Waals surface area contributed by atoms with Gasteiger partial charge in [0.25, 0.3) is 0 Å². The van der Waals surface area contributed by atoms with Crippen LogP contribution in [0.25, 0.3) is 0 Å². The molecule has 0 spiro atoms. The van der Waals surface area contributed by atoms with E-state index >= 15 is 0 Å². The van der Waals surface area contributed by atoms with Crippen molar-refractivity contribution in [2.45, 2.75) is 469 Å². The zero-order valence-electron chi connectivity index (χ0n) is 60.4. The molecule has 0 aromatic rings. The molecule has 0 heterocycles. The van der Waals surface area contributed by atoms with Crippen LogP contribution in [0, 0.1) is 0 Å². The fourth-order valence-corrected chi connectivity index (χ4v) is 12.9. The smallest absolute Gasteiger partial charge is 0.305 e. The standard InChI is InChI=1S/C83H159NO5/c1-3-5-7-9-11-13-15-17-19-20-21-22-38-41-44-48-51-55-59-63-67-71-75-81(86)80(79-85)84-82(87)76-72-68-64-60-56-52-49-45-42-39-36-34-32-30-28-26-24-23-25-27-29-31-33-35-37-40-43-46-50-54-58-62-66-70-74-78-89-83(88)77-73-69-65-61-57-53-47-18-16-14-12-10-8-6-4-2/h18,25,27,47,71,75,80-81,85-86H,3-17,19-24,26,28-46,48-70,72-74,76-79H2,1-2H3,(H,84,87)/b27-25-,47-18-,75-71+. The van der Waals surface area contributed by atoms with Gasteiger partial charge in [-0.15, -0.1) is 0 Å². The Morgan fingerprint density at radius 3 is 0.798 bits per heavy atom. The van der Waals surface area contributed by atoms with E-state index in [4.69, 9.17) is 4.74 Å². The first kappa shape index (κ1) is 87.1. The van der Waals surface area contributed by atoms with Crippen molar-refractivity contribution in [2.75, 3.05) is 13.2 Å². The average molecular weight is 1250 g/mol. The van der Waals surface area contributed by atoms with Crippen LogP contribution in [0.15, 0.2) is 36.5 Å². The number of carbonyl (C=O) groups is 2. The summed E-state index contributed by atoms with van der Waals surface area (Å²) < 4.78 is 5.50. The van der Waals surface area contributed by atoms with Crippen LogP contribution in [0.4, 0.5) is 0 Å². The molecular formula is C83H159NO5. The third-order valence-corrected chi connectivity index (χ3v) is 19.1. The highest BCUT2D eigenvalue weighted by Gasteiger charge is 2.18. The quantitative estimate of drug-likeness (QED) is 0.0320. The van der Waals surface area contributed by atoms with Crippen LogP contribution in [-0.2, 0) is 14.3 Å². The summed E-state index contributed by atoms with van der Waals surface area (Å²) >= 11 is 0. The second-order valence-electron chi connectivity index (χ2n) is 28.1. The third kappa shape index (κ3) is 75.0. The number of allylic oxidation sites excluding steroid dienone is 5. The Labute approximate surface area is 557 Å². The summed E-state index contributed by atoms with van der Waals surface area (Å²) in [5.74, 6) is -0.0468. The highest BCUT2D eigenvalue weighted by Crippen LogP contribution is 2.20.